The van der Waals surface area contributed by atoms with Crippen LogP contribution < -0.4 is 14.8 Å². The van der Waals surface area contributed by atoms with Gasteiger partial charge in [0.25, 0.3) is 5.91 Å². The first-order valence-corrected chi connectivity index (χ1v) is 11.2. The van der Waals surface area contributed by atoms with Gasteiger partial charge in [0.15, 0.2) is 0 Å². The van der Waals surface area contributed by atoms with Crippen molar-refractivity contribution in [1.29, 1.82) is 5.26 Å². The van der Waals surface area contributed by atoms with E-state index in [0.29, 0.717) is 16.9 Å². The molecule has 9 nitrogen and oxygen atoms in total. The number of amides is 2. The first-order valence-electron chi connectivity index (χ1n) is 11.2. The highest BCUT2D eigenvalue weighted by Gasteiger charge is 2.35. The van der Waals surface area contributed by atoms with Gasteiger partial charge in [-0.05, 0) is 43.7 Å². The molecule has 4 rings (SSSR count). The van der Waals surface area contributed by atoms with Gasteiger partial charge in [-0.15, -0.1) is 0 Å². The third-order valence-electron chi connectivity index (χ3n) is 6.10. The highest BCUT2D eigenvalue weighted by Crippen LogP contribution is 2.38. The van der Waals surface area contributed by atoms with Crippen LogP contribution in [-0.2, 0) is 10.2 Å². The van der Waals surface area contributed by atoms with Gasteiger partial charge in [-0.2, -0.15) is 14.0 Å². The van der Waals surface area contributed by atoms with Crippen LogP contribution in [0.3, 0.4) is 0 Å². The number of pyridine rings is 1. The summed E-state index contributed by atoms with van der Waals surface area (Å²) in [5.41, 5.74) is 1.49. The minimum atomic E-state index is -3.17. The van der Waals surface area contributed by atoms with E-state index >= 15 is 0 Å². The number of carbonyl (C=O) groups is 2. The Balaban J connectivity index is 1.74. The van der Waals surface area contributed by atoms with E-state index in [1.54, 1.807) is 48.8 Å². The monoisotopic (exact) mass is 497 g/mol. The number of hydrogen-bond acceptors (Lipinski definition) is 6. The van der Waals surface area contributed by atoms with E-state index < -0.39 is 17.9 Å². The van der Waals surface area contributed by atoms with E-state index in [4.69, 9.17) is 9.47 Å². The largest absolute Gasteiger partial charge is 0.496 e. The molecule has 0 saturated carbocycles. The Labute approximate surface area is 206 Å². The second kappa shape index (κ2) is 9.45. The lowest BCUT2D eigenvalue weighted by Crippen LogP contribution is -2.60. The van der Waals surface area contributed by atoms with Gasteiger partial charge in [0.05, 0.1) is 36.5 Å². The number of nitriles is 1. The molecule has 2 aromatic heterocycles. The first-order chi connectivity index (χ1) is 17.0. The Morgan fingerprint density at radius 3 is 2.56 bits per heavy atom. The summed E-state index contributed by atoms with van der Waals surface area (Å²) < 4.78 is 38.6. The molecule has 11 heteroatoms. The quantitative estimate of drug-likeness (QED) is 0.536. The van der Waals surface area contributed by atoms with Crippen molar-refractivity contribution < 1.29 is 27.8 Å². The Kier molecular flexibility index (Phi) is 6.54. The van der Waals surface area contributed by atoms with E-state index in [0.717, 1.165) is 5.56 Å². The van der Waals surface area contributed by atoms with Crippen LogP contribution in [0.5, 0.6) is 11.5 Å². The van der Waals surface area contributed by atoms with Crippen LogP contribution in [0, 0.1) is 11.3 Å². The van der Waals surface area contributed by atoms with Crippen molar-refractivity contribution in [2.75, 3.05) is 20.2 Å². The van der Waals surface area contributed by atoms with Crippen molar-refractivity contribution in [2.45, 2.75) is 38.8 Å². The summed E-state index contributed by atoms with van der Waals surface area (Å²) in [5, 5.41) is 12.1. The fourth-order valence-electron chi connectivity index (χ4n) is 4.13. The fourth-order valence-corrected chi connectivity index (χ4v) is 4.13. The van der Waals surface area contributed by atoms with Gasteiger partial charge in [0, 0.05) is 31.8 Å². The Morgan fingerprint density at radius 1 is 1.25 bits per heavy atom. The lowest BCUT2D eigenvalue weighted by Gasteiger charge is -2.39. The van der Waals surface area contributed by atoms with E-state index in [1.165, 1.54) is 25.0 Å². The maximum atomic E-state index is 13.3. The molecular formula is C25H25F2N5O4. The summed E-state index contributed by atoms with van der Waals surface area (Å²) in [6.45, 7) is 2.30. The van der Waals surface area contributed by atoms with Crippen molar-refractivity contribution in [3.63, 3.8) is 0 Å². The molecule has 0 aliphatic carbocycles. The topological polar surface area (TPSA) is 109 Å². The number of ether oxygens (including phenoxy) is 2. The third-order valence-corrected chi connectivity index (χ3v) is 6.10. The number of benzene rings is 1. The number of nitrogens with one attached hydrogen (secondary N) is 1. The van der Waals surface area contributed by atoms with Crippen molar-refractivity contribution in [2.24, 2.45) is 0 Å². The van der Waals surface area contributed by atoms with Crippen LogP contribution in [0.1, 0.15) is 36.7 Å². The number of aromatic nitrogens is 2. The number of hydrogen-bond donors (Lipinski definition) is 1. The number of methoxy groups -OCH3 is 1. The predicted molar refractivity (Wildman–Crippen MR) is 126 cm³/mol. The molecule has 0 atom stereocenters. The molecule has 0 spiro atoms. The van der Waals surface area contributed by atoms with Gasteiger partial charge < -0.3 is 19.7 Å². The van der Waals surface area contributed by atoms with Crippen molar-refractivity contribution in [3.8, 4) is 28.8 Å². The van der Waals surface area contributed by atoms with Crippen LogP contribution in [0.2, 0.25) is 0 Å². The summed E-state index contributed by atoms with van der Waals surface area (Å²) in [6.07, 6.45) is 3.31. The molecule has 3 heterocycles. The van der Waals surface area contributed by atoms with Crippen LogP contribution in [0.25, 0.3) is 16.9 Å². The lowest BCUT2D eigenvalue weighted by atomic mass is 9.87. The third kappa shape index (κ3) is 4.66. The zero-order valence-corrected chi connectivity index (χ0v) is 20.2. The summed E-state index contributed by atoms with van der Waals surface area (Å²) >= 11 is 0. The standard InChI is InChI=1S/C25H25F2N5O4/c1-14(33)30-17-11-31(12-17)23(34)22-19(35-4)7-15(8-20(22)36-24(26)27)18-10-29-21-9-16(5-6-32(18)21)25(2,3)13-28/h5-10,17,24H,11-12H2,1-4H3,(H,30,33). The summed E-state index contributed by atoms with van der Waals surface area (Å²) in [6, 6.07) is 8.54. The number of halogens is 2. The molecule has 0 bridgehead atoms. The van der Waals surface area contributed by atoms with Crippen LogP contribution in [0.15, 0.2) is 36.7 Å². The molecule has 1 aliphatic rings. The molecule has 0 radical (unpaired) electrons. The molecule has 1 saturated heterocycles. The van der Waals surface area contributed by atoms with Gasteiger partial charge in [-0.1, -0.05) is 0 Å². The predicted octanol–water partition coefficient (Wildman–Crippen LogP) is 3.37. The second-order valence-electron chi connectivity index (χ2n) is 9.06. The number of likely N-dealkylation sites (tertiary alicyclic amines) is 1. The van der Waals surface area contributed by atoms with Crippen LogP contribution in [-0.4, -0.2) is 59.0 Å². The van der Waals surface area contributed by atoms with Gasteiger partial charge >= 0.3 is 6.61 Å². The van der Waals surface area contributed by atoms with Gasteiger partial charge in [0.2, 0.25) is 5.91 Å². The molecule has 1 N–H and O–H groups in total. The molecule has 1 aliphatic heterocycles. The van der Waals surface area contributed by atoms with Crippen LogP contribution in [0.4, 0.5) is 8.78 Å². The lowest BCUT2D eigenvalue weighted by molar-refractivity contribution is -0.120. The molecule has 188 valence electrons. The molecule has 36 heavy (non-hydrogen) atoms. The van der Waals surface area contributed by atoms with Gasteiger partial charge in [-0.3, -0.25) is 14.0 Å². The zero-order chi connectivity index (χ0) is 26.2. The summed E-state index contributed by atoms with van der Waals surface area (Å²) in [4.78, 5) is 30.2. The minimum Gasteiger partial charge on any atom is -0.496 e. The number of rotatable bonds is 7. The number of carbonyl (C=O) groups excluding carboxylic acids is 2. The van der Waals surface area contributed by atoms with Gasteiger partial charge in [-0.25, -0.2) is 4.98 Å². The van der Waals surface area contributed by atoms with E-state index in [9.17, 15) is 23.6 Å². The highest BCUT2D eigenvalue weighted by molar-refractivity contribution is 6.01. The Morgan fingerprint density at radius 2 is 1.94 bits per heavy atom. The molecule has 1 aromatic carbocycles. The number of alkyl halides is 2. The van der Waals surface area contributed by atoms with Gasteiger partial charge in [0.1, 0.15) is 22.7 Å². The van der Waals surface area contributed by atoms with E-state index in [1.807, 2.05) is 0 Å². The zero-order valence-electron chi connectivity index (χ0n) is 20.2. The SMILES string of the molecule is COc1cc(-c2cnc3cc(C(C)(C)C#N)ccn23)cc(OC(F)F)c1C(=O)N1CC(NC(C)=O)C1. The second-order valence-corrected chi connectivity index (χ2v) is 9.06. The first kappa shape index (κ1) is 24.9. The maximum absolute atomic E-state index is 13.3. The summed E-state index contributed by atoms with van der Waals surface area (Å²) in [7, 11) is 1.34. The average molecular weight is 498 g/mol. The Bertz CT molecular complexity index is 1370. The molecule has 1 fully saturated rings. The number of fused-ring (bicyclic) bond motifs is 1. The van der Waals surface area contributed by atoms with Crippen molar-refractivity contribution in [3.05, 3.63) is 47.8 Å². The molecular weight excluding hydrogens is 472 g/mol. The number of nitrogens with zero attached hydrogens (tertiary/aromatic N) is 4. The maximum Gasteiger partial charge on any atom is 0.387 e. The smallest absolute Gasteiger partial charge is 0.387 e. The molecule has 3 aromatic rings. The van der Waals surface area contributed by atoms with E-state index in [2.05, 4.69) is 16.4 Å². The molecule has 2 amide bonds. The average Bonchev–Trinajstić information content (AvgIpc) is 3.23. The van der Waals surface area contributed by atoms with E-state index in [-0.39, 0.29) is 42.1 Å². The Hall–Kier alpha value is -4.20. The fraction of sp³-hybridized carbons (Fsp3) is 0.360. The van der Waals surface area contributed by atoms with Crippen molar-refractivity contribution in [1.82, 2.24) is 19.6 Å². The summed E-state index contributed by atoms with van der Waals surface area (Å²) in [5.74, 6) is -1.03. The highest BCUT2D eigenvalue weighted by atomic mass is 19.3. The minimum absolute atomic E-state index is 0.0633. The number of imidazole rings is 1. The molecule has 0 unspecified atom stereocenters. The van der Waals surface area contributed by atoms with Crippen LogP contribution >= 0.6 is 0 Å². The normalized spacial score (nSPS) is 13.9. The van der Waals surface area contributed by atoms with Crippen molar-refractivity contribution >= 4 is 17.5 Å².